The number of ether oxygens (including phenoxy) is 3. The summed E-state index contributed by atoms with van der Waals surface area (Å²) in [6.07, 6.45) is -1.16. The fourth-order valence-corrected chi connectivity index (χ4v) is 0.723. The van der Waals surface area contributed by atoms with E-state index in [0.717, 1.165) is 0 Å². The third kappa shape index (κ3) is 6.24. The van der Waals surface area contributed by atoms with Crippen LogP contribution in [0, 0.1) is 0 Å². The Morgan fingerprint density at radius 2 is 2.00 bits per heavy atom. The zero-order chi connectivity index (χ0) is 11.0. The van der Waals surface area contributed by atoms with Gasteiger partial charge in [-0.25, -0.2) is 4.79 Å². The topological polar surface area (TPSA) is 73.9 Å². The Bertz CT molecular complexity index is 194. The average Bonchev–Trinajstić information content (AvgIpc) is 2.14. The van der Waals surface area contributed by atoms with Crippen molar-refractivity contribution in [1.82, 2.24) is 5.32 Å². The van der Waals surface area contributed by atoms with Gasteiger partial charge in [-0.2, -0.15) is 0 Å². The van der Waals surface area contributed by atoms with Crippen molar-refractivity contribution in [2.24, 2.45) is 0 Å². The van der Waals surface area contributed by atoms with Gasteiger partial charge in [0, 0.05) is 21.1 Å². The van der Waals surface area contributed by atoms with E-state index in [2.05, 4.69) is 10.1 Å². The van der Waals surface area contributed by atoms with Crippen LogP contribution in [0.25, 0.3) is 0 Å². The van der Waals surface area contributed by atoms with E-state index in [0.29, 0.717) is 0 Å². The second kappa shape index (κ2) is 7.14. The molecule has 0 bridgehead atoms. The first-order chi connectivity index (χ1) is 6.60. The maximum absolute atomic E-state index is 10.8. The van der Waals surface area contributed by atoms with Crippen LogP contribution in [-0.4, -0.2) is 45.5 Å². The van der Waals surface area contributed by atoms with Crippen molar-refractivity contribution in [1.29, 1.82) is 0 Å². The summed E-state index contributed by atoms with van der Waals surface area (Å²) in [5.74, 6) is -0.424. The van der Waals surface area contributed by atoms with Gasteiger partial charge in [0.25, 0.3) is 0 Å². The van der Waals surface area contributed by atoms with Gasteiger partial charge in [0.1, 0.15) is 6.61 Å². The molecule has 0 aliphatic rings. The summed E-state index contributed by atoms with van der Waals surface area (Å²) in [7, 11) is 2.91. The van der Waals surface area contributed by atoms with Crippen LogP contribution in [0.2, 0.25) is 0 Å². The molecule has 0 aromatic heterocycles. The highest BCUT2D eigenvalue weighted by atomic mass is 16.6. The van der Waals surface area contributed by atoms with Gasteiger partial charge in [0.05, 0.1) is 6.61 Å². The van der Waals surface area contributed by atoms with Crippen molar-refractivity contribution in [3.63, 3.8) is 0 Å². The molecule has 0 spiro atoms. The molecular formula is C8H15NO5. The van der Waals surface area contributed by atoms with Crippen LogP contribution in [0.1, 0.15) is 6.92 Å². The Balaban J connectivity index is 3.88. The van der Waals surface area contributed by atoms with Gasteiger partial charge in [-0.05, 0) is 0 Å². The monoisotopic (exact) mass is 205 g/mol. The fraction of sp³-hybridized carbons (Fsp3) is 0.750. The number of carbonyl (C=O) groups excluding carboxylic acids is 2. The van der Waals surface area contributed by atoms with Gasteiger partial charge in [0.15, 0.2) is 6.10 Å². The highest BCUT2D eigenvalue weighted by molar-refractivity contribution is 5.67. The van der Waals surface area contributed by atoms with Crippen LogP contribution in [0.4, 0.5) is 4.79 Å². The minimum absolute atomic E-state index is 0.00338. The van der Waals surface area contributed by atoms with Crippen molar-refractivity contribution >= 4 is 12.1 Å². The molecule has 0 fully saturated rings. The number of alkyl carbamates (subject to hydrolysis) is 1. The van der Waals surface area contributed by atoms with Crippen LogP contribution < -0.4 is 5.32 Å². The lowest BCUT2D eigenvalue weighted by Crippen LogP contribution is -2.32. The molecule has 1 N–H and O–H groups in total. The van der Waals surface area contributed by atoms with E-state index in [1.54, 1.807) is 0 Å². The lowest BCUT2D eigenvalue weighted by molar-refractivity contribution is -0.144. The molecular weight excluding hydrogens is 190 g/mol. The fourth-order valence-electron chi connectivity index (χ4n) is 0.723. The van der Waals surface area contributed by atoms with Crippen LogP contribution in [0.5, 0.6) is 0 Å². The average molecular weight is 205 g/mol. The highest BCUT2D eigenvalue weighted by Gasteiger charge is 2.14. The normalized spacial score (nSPS) is 11.6. The summed E-state index contributed by atoms with van der Waals surface area (Å²) in [6.45, 7) is 1.46. The summed E-state index contributed by atoms with van der Waals surface area (Å²) < 4.78 is 14.3. The number of esters is 1. The lowest BCUT2D eigenvalue weighted by Gasteiger charge is -2.15. The maximum Gasteiger partial charge on any atom is 0.407 e. The molecule has 0 aromatic rings. The molecule has 1 atom stereocenters. The molecule has 6 heteroatoms. The largest absolute Gasteiger partial charge is 0.462 e. The Labute approximate surface area is 82.5 Å². The first-order valence-electron chi connectivity index (χ1n) is 4.10. The summed E-state index contributed by atoms with van der Waals surface area (Å²) in [5, 5.41) is 2.28. The molecule has 0 aromatic carbocycles. The zero-order valence-corrected chi connectivity index (χ0v) is 8.53. The number of methoxy groups -OCH3 is 1. The molecule has 1 unspecified atom stereocenters. The minimum Gasteiger partial charge on any atom is -0.462 e. The van der Waals surface area contributed by atoms with E-state index < -0.39 is 18.2 Å². The third-order valence-electron chi connectivity index (χ3n) is 1.30. The van der Waals surface area contributed by atoms with Crippen molar-refractivity contribution in [2.45, 2.75) is 13.0 Å². The Hall–Kier alpha value is -1.30. The second-order valence-corrected chi connectivity index (χ2v) is 2.54. The molecule has 14 heavy (non-hydrogen) atoms. The molecule has 0 saturated carbocycles. The Morgan fingerprint density at radius 1 is 1.36 bits per heavy atom. The van der Waals surface area contributed by atoms with Crippen LogP contribution >= 0.6 is 0 Å². The minimum atomic E-state index is -0.584. The molecule has 82 valence electrons. The van der Waals surface area contributed by atoms with Crippen molar-refractivity contribution in [3.05, 3.63) is 0 Å². The number of hydrogen-bond donors (Lipinski definition) is 1. The summed E-state index contributed by atoms with van der Waals surface area (Å²) in [5.41, 5.74) is 0. The summed E-state index contributed by atoms with van der Waals surface area (Å²) in [4.78, 5) is 21.3. The molecule has 0 saturated heterocycles. The van der Waals surface area contributed by atoms with Gasteiger partial charge in [-0.1, -0.05) is 0 Å². The maximum atomic E-state index is 10.8. The standard InChI is InChI=1S/C8H15NO5/c1-6(10)13-5-7(4-12-3)14-8(11)9-2/h7H,4-5H2,1-3H3,(H,9,11). The number of amides is 1. The number of rotatable bonds is 5. The number of hydrogen-bond acceptors (Lipinski definition) is 5. The highest BCUT2D eigenvalue weighted by Crippen LogP contribution is 1.95. The molecule has 0 radical (unpaired) electrons. The summed E-state index contributed by atoms with van der Waals surface area (Å²) in [6, 6.07) is 0. The van der Waals surface area contributed by atoms with Crippen molar-refractivity contribution < 1.29 is 23.8 Å². The van der Waals surface area contributed by atoms with Crippen molar-refractivity contribution in [3.8, 4) is 0 Å². The van der Waals surface area contributed by atoms with Crippen LogP contribution in [0.3, 0.4) is 0 Å². The van der Waals surface area contributed by atoms with Crippen molar-refractivity contribution in [2.75, 3.05) is 27.4 Å². The molecule has 0 rings (SSSR count). The van der Waals surface area contributed by atoms with Gasteiger partial charge in [0.2, 0.25) is 0 Å². The van der Waals surface area contributed by atoms with E-state index in [4.69, 9.17) is 9.47 Å². The first-order valence-corrected chi connectivity index (χ1v) is 4.10. The molecule has 0 aliphatic heterocycles. The van der Waals surface area contributed by atoms with E-state index in [-0.39, 0.29) is 13.2 Å². The van der Waals surface area contributed by atoms with Gasteiger partial charge in [-0.15, -0.1) is 0 Å². The molecule has 0 heterocycles. The quantitative estimate of drug-likeness (QED) is 0.635. The number of nitrogens with one attached hydrogen (secondary N) is 1. The predicted octanol–water partition coefficient (Wildman–Crippen LogP) is -0.0795. The molecule has 6 nitrogen and oxygen atoms in total. The van der Waals surface area contributed by atoms with Crippen LogP contribution in [-0.2, 0) is 19.0 Å². The smallest absolute Gasteiger partial charge is 0.407 e. The second-order valence-electron chi connectivity index (χ2n) is 2.54. The first kappa shape index (κ1) is 12.7. The Morgan fingerprint density at radius 3 is 2.43 bits per heavy atom. The van der Waals surface area contributed by atoms with Gasteiger partial charge >= 0.3 is 12.1 Å². The lowest BCUT2D eigenvalue weighted by atomic mass is 10.4. The zero-order valence-electron chi connectivity index (χ0n) is 8.53. The third-order valence-corrected chi connectivity index (χ3v) is 1.30. The van der Waals surface area contributed by atoms with Gasteiger partial charge in [-0.3, -0.25) is 4.79 Å². The van der Waals surface area contributed by atoms with Crippen LogP contribution in [0.15, 0.2) is 0 Å². The molecule has 1 amide bonds. The van der Waals surface area contributed by atoms with E-state index in [1.165, 1.54) is 21.1 Å². The van der Waals surface area contributed by atoms with Gasteiger partial charge < -0.3 is 19.5 Å². The Kier molecular flexibility index (Phi) is 6.47. The summed E-state index contributed by atoms with van der Waals surface area (Å²) >= 11 is 0. The van der Waals surface area contributed by atoms with E-state index >= 15 is 0 Å². The number of carbonyl (C=O) groups is 2. The SMILES string of the molecule is CNC(=O)OC(COC)COC(C)=O. The van der Waals surface area contributed by atoms with E-state index in [9.17, 15) is 9.59 Å². The predicted molar refractivity (Wildman–Crippen MR) is 47.8 cm³/mol. The van der Waals surface area contributed by atoms with E-state index in [1.807, 2.05) is 0 Å². The molecule has 0 aliphatic carbocycles.